The van der Waals surface area contributed by atoms with Crippen molar-refractivity contribution in [3.63, 3.8) is 0 Å². The van der Waals surface area contributed by atoms with Crippen LogP contribution < -0.4 is 0 Å². The van der Waals surface area contributed by atoms with Gasteiger partial charge in [0.2, 0.25) is 5.82 Å². The molecule has 0 aliphatic carbocycles. The van der Waals surface area contributed by atoms with Crippen LogP contribution in [0.4, 0.5) is 4.39 Å². The van der Waals surface area contributed by atoms with Crippen LogP contribution in [0.15, 0.2) is 24.3 Å². The first-order valence-corrected chi connectivity index (χ1v) is 7.92. The Morgan fingerprint density at radius 1 is 1.28 bits per heavy atom. The number of carbonyl (C=O) groups is 2. The van der Waals surface area contributed by atoms with Crippen molar-refractivity contribution in [2.24, 2.45) is 5.92 Å². The van der Waals surface area contributed by atoms with Gasteiger partial charge in [0, 0.05) is 19.5 Å². The molecule has 0 aliphatic heterocycles. The van der Waals surface area contributed by atoms with Gasteiger partial charge in [0.05, 0.1) is 5.92 Å². The first-order chi connectivity index (χ1) is 11.7. The fourth-order valence-corrected chi connectivity index (χ4v) is 2.33. The molecule has 0 aliphatic rings. The molecule has 0 saturated heterocycles. The minimum atomic E-state index is -0.993. The van der Waals surface area contributed by atoms with Crippen molar-refractivity contribution in [1.82, 2.24) is 19.7 Å². The molecule has 1 aromatic heterocycles. The van der Waals surface area contributed by atoms with Crippen LogP contribution in [0.1, 0.15) is 43.1 Å². The van der Waals surface area contributed by atoms with Gasteiger partial charge in [0.25, 0.3) is 5.91 Å². The third kappa shape index (κ3) is 4.01. The summed E-state index contributed by atoms with van der Waals surface area (Å²) in [6.07, 6.45) is 0. The van der Waals surface area contributed by atoms with E-state index in [2.05, 4.69) is 10.1 Å². The van der Waals surface area contributed by atoms with E-state index in [1.807, 2.05) is 13.8 Å². The Morgan fingerprint density at radius 3 is 2.48 bits per heavy atom. The molecule has 1 atom stereocenters. The molecule has 0 radical (unpaired) electrons. The number of carboxylic acids is 1. The van der Waals surface area contributed by atoms with Crippen molar-refractivity contribution in [2.45, 2.75) is 26.7 Å². The topological polar surface area (TPSA) is 88.3 Å². The van der Waals surface area contributed by atoms with Gasteiger partial charge in [-0.2, -0.15) is 0 Å². The number of aliphatic carboxylic acids is 1. The van der Waals surface area contributed by atoms with E-state index in [4.69, 9.17) is 5.11 Å². The molecule has 1 N–H and O–H groups in total. The minimum Gasteiger partial charge on any atom is -0.481 e. The lowest BCUT2D eigenvalue weighted by molar-refractivity contribution is -0.141. The van der Waals surface area contributed by atoms with Crippen molar-refractivity contribution < 1.29 is 19.1 Å². The van der Waals surface area contributed by atoms with E-state index in [-0.39, 0.29) is 24.0 Å². The van der Waals surface area contributed by atoms with E-state index in [1.54, 1.807) is 18.2 Å². The number of amides is 1. The van der Waals surface area contributed by atoms with Crippen LogP contribution in [-0.2, 0) is 4.79 Å². The number of hydrogen-bond acceptors (Lipinski definition) is 4. The Hall–Kier alpha value is -2.77. The van der Waals surface area contributed by atoms with Crippen LogP contribution in [0.2, 0.25) is 0 Å². The SMILES string of the molecule is CC(CN(C)C(=O)c1nc(C(C)C)n(-c2ccccc2F)n1)C(=O)O. The molecule has 1 amide bonds. The number of aromatic nitrogens is 3. The van der Waals surface area contributed by atoms with Gasteiger partial charge in [-0.05, 0) is 12.1 Å². The summed E-state index contributed by atoms with van der Waals surface area (Å²) in [4.78, 5) is 29.0. The molecule has 7 nitrogen and oxygen atoms in total. The molecular formula is C17H21FN4O3. The zero-order valence-corrected chi connectivity index (χ0v) is 14.6. The second kappa shape index (κ2) is 7.42. The molecule has 8 heteroatoms. The number of para-hydroxylation sites is 1. The average Bonchev–Trinajstić information content (AvgIpc) is 2.99. The highest BCUT2D eigenvalue weighted by Crippen LogP contribution is 2.20. The lowest BCUT2D eigenvalue weighted by atomic mass is 10.2. The largest absolute Gasteiger partial charge is 0.481 e. The highest BCUT2D eigenvalue weighted by molar-refractivity contribution is 5.90. The highest BCUT2D eigenvalue weighted by atomic mass is 19.1. The predicted octanol–water partition coefficient (Wildman–Crippen LogP) is 2.32. The smallest absolute Gasteiger partial charge is 0.308 e. The number of hydrogen-bond donors (Lipinski definition) is 1. The van der Waals surface area contributed by atoms with Gasteiger partial charge in [-0.1, -0.05) is 32.9 Å². The minimum absolute atomic E-state index is 0.0272. The van der Waals surface area contributed by atoms with Crippen LogP contribution in [0, 0.1) is 11.7 Å². The van der Waals surface area contributed by atoms with E-state index in [9.17, 15) is 14.0 Å². The highest BCUT2D eigenvalue weighted by Gasteiger charge is 2.25. The Bertz CT molecular complexity index is 788. The Kier molecular flexibility index (Phi) is 5.51. The molecular weight excluding hydrogens is 327 g/mol. The third-order valence-electron chi connectivity index (χ3n) is 3.74. The van der Waals surface area contributed by atoms with Gasteiger partial charge >= 0.3 is 5.97 Å². The van der Waals surface area contributed by atoms with E-state index < -0.39 is 23.6 Å². The van der Waals surface area contributed by atoms with E-state index in [0.717, 1.165) is 0 Å². The summed E-state index contributed by atoms with van der Waals surface area (Å²) < 4.78 is 15.4. The zero-order chi connectivity index (χ0) is 18.7. The Balaban J connectivity index is 2.37. The zero-order valence-electron chi connectivity index (χ0n) is 14.6. The second-order valence-electron chi connectivity index (χ2n) is 6.24. The van der Waals surface area contributed by atoms with Gasteiger partial charge in [-0.25, -0.2) is 14.1 Å². The summed E-state index contributed by atoms with van der Waals surface area (Å²) in [5.74, 6) is -2.41. The number of halogens is 1. The van der Waals surface area contributed by atoms with Crippen LogP contribution in [0.3, 0.4) is 0 Å². The molecule has 0 fully saturated rings. The summed E-state index contributed by atoms with van der Waals surface area (Å²) in [5, 5.41) is 13.1. The van der Waals surface area contributed by atoms with Crippen LogP contribution in [0.5, 0.6) is 0 Å². The van der Waals surface area contributed by atoms with Crippen LogP contribution >= 0.6 is 0 Å². The molecule has 0 saturated carbocycles. The summed E-state index contributed by atoms with van der Waals surface area (Å²) in [6.45, 7) is 5.27. The average molecular weight is 348 g/mol. The number of benzene rings is 1. The van der Waals surface area contributed by atoms with Gasteiger partial charge < -0.3 is 10.0 Å². The van der Waals surface area contributed by atoms with Crippen molar-refractivity contribution in [2.75, 3.05) is 13.6 Å². The first kappa shape index (κ1) is 18.6. The molecule has 2 rings (SSSR count). The maximum Gasteiger partial charge on any atom is 0.308 e. The van der Waals surface area contributed by atoms with Gasteiger partial charge in [-0.3, -0.25) is 9.59 Å². The molecule has 134 valence electrons. The standard InChI is InChI=1S/C17H21FN4O3/c1-10(2)15-19-14(16(23)21(4)9-11(3)17(24)25)20-22(15)13-8-6-5-7-12(13)18/h5-8,10-11H,9H2,1-4H3,(H,24,25). The Labute approximate surface area is 145 Å². The van der Waals surface area contributed by atoms with E-state index in [1.165, 1.54) is 29.6 Å². The molecule has 0 bridgehead atoms. The summed E-state index contributed by atoms with van der Waals surface area (Å²) in [5.41, 5.74) is 0.208. The summed E-state index contributed by atoms with van der Waals surface area (Å²) in [6, 6.07) is 6.11. The van der Waals surface area contributed by atoms with Crippen LogP contribution in [0.25, 0.3) is 5.69 Å². The van der Waals surface area contributed by atoms with Gasteiger partial charge in [0.15, 0.2) is 0 Å². The molecule has 1 aromatic carbocycles. The summed E-state index contributed by atoms with van der Waals surface area (Å²) in [7, 11) is 1.49. The lowest BCUT2D eigenvalue weighted by Gasteiger charge is -2.17. The summed E-state index contributed by atoms with van der Waals surface area (Å²) >= 11 is 0. The second-order valence-corrected chi connectivity index (χ2v) is 6.24. The maximum atomic E-state index is 14.1. The number of carboxylic acid groups (broad SMARTS) is 1. The lowest BCUT2D eigenvalue weighted by Crippen LogP contribution is -2.34. The molecule has 1 unspecified atom stereocenters. The maximum absolute atomic E-state index is 14.1. The van der Waals surface area contributed by atoms with Gasteiger partial charge in [0.1, 0.15) is 17.3 Å². The molecule has 1 heterocycles. The van der Waals surface area contributed by atoms with E-state index in [0.29, 0.717) is 5.82 Å². The van der Waals surface area contributed by atoms with Crippen molar-refractivity contribution in [3.8, 4) is 5.69 Å². The molecule has 2 aromatic rings. The van der Waals surface area contributed by atoms with E-state index >= 15 is 0 Å². The first-order valence-electron chi connectivity index (χ1n) is 7.92. The van der Waals surface area contributed by atoms with Crippen molar-refractivity contribution in [1.29, 1.82) is 0 Å². The number of nitrogens with zero attached hydrogens (tertiary/aromatic N) is 4. The fraction of sp³-hybridized carbons (Fsp3) is 0.412. The number of carbonyl (C=O) groups excluding carboxylic acids is 1. The van der Waals surface area contributed by atoms with Crippen LogP contribution in [-0.4, -0.2) is 50.2 Å². The fourth-order valence-electron chi connectivity index (χ4n) is 2.33. The molecule has 25 heavy (non-hydrogen) atoms. The van der Waals surface area contributed by atoms with Gasteiger partial charge in [-0.15, -0.1) is 5.10 Å². The predicted molar refractivity (Wildman–Crippen MR) is 89.2 cm³/mol. The number of rotatable bonds is 6. The quantitative estimate of drug-likeness (QED) is 0.865. The molecule has 0 spiro atoms. The third-order valence-corrected chi connectivity index (χ3v) is 3.74. The van der Waals surface area contributed by atoms with Crippen molar-refractivity contribution in [3.05, 3.63) is 41.7 Å². The normalized spacial score (nSPS) is 12.2. The Morgan fingerprint density at radius 2 is 1.92 bits per heavy atom. The van der Waals surface area contributed by atoms with Crippen molar-refractivity contribution >= 4 is 11.9 Å². The monoisotopic (exact) mass is 348 g/mol.